The summed E-state index contributed by atoms with van der Waals surface area (Å²) in [6.45, 7) is 0.529. The van der Waals surface area contributed by atoms with Gasteiger partial charge in [0.2, 0.25) is 0 Å². The van der Waals surface area contributed by atoms with E-state index in [1.165, 1.54) is 5.56 Å². The number of benzene rings is 3. The highest BCUT2D eigenvalue weighted by Crippen LogP contribution is 2.46. The molecule has 0 fully saturated rings. The van der Waals surface area contributed by atoms with Crippen LogP contribution in [-0.2, 0) is 0 Å². The molecule has 0 bridgehead atoms. The zero-order valence-electron chi connectivity index (χ0n) is 13.1. The first-order chi connectivity index (χ1) is 11.7. The van der Waals surface area contributed by atoms with Crippen molar-refractivity contribution in [2.24, 2.45) is 0 Å². The van der Waals surface area contributed by atoms with Crippen molar-refractivity contribution in [1.29, 1.82) is 0 Å². The molecular weight excluding hydrogens is 300 g/mol. The topological polar surface area (TPSA) is 49.7 Å². The number of hydrogen-bond acceptors (Lipinski definition) is 3. The third-order valence-corrected chi connectivity index (χ3v) is 4.63. The lowest BCUT2D eigenvalue weighted by Gasteiger charge is -2.34. The van der Waals surface area contributed by atoms with Gasteiger partial charge in [-0.3, -0.25) is 0 Å². The predicted octanol–water partition coefficient (Wildman–Crippen LogP) is 4.41. The summed E-state index contributed by atoms with van der Waals surface area (Å²) < 4.78 is 5.93. The van der Waals surface area contributed by atoms with Gasteiger partial charge in [-0.25, -0.2) is 0 Å². The van der Waals surface area contributed by atoms with E-state index < -0.39 is 0 Å². The molecule has 0 aliphatic carbocycles. The normalized spacial score (nSPS) is 19.3. The van der Waals surface area contributed by atoms with Crippen molar-refractivity contribution < 1.29 is 14.9 Å². The molecule has 1 aliphatic rings. The van der Waals surface area contributed by atoms with Crippen LogP contribution in [0.2, 0.25) is 0 Å². The van der Waals surface area contributed by atoms with Crippen molar-refractivity contribution in [3.8, 4) is 17.2 Å². The molecule has 1 aliphatic heterocycles. The van der Waals surface area contributed by atoms with Crippen LogP contribution in [0.25, 0.3) is 0 Å². The van der Waals surface area contributed by atoms with E-state index in [9.17, 15) is 10.2 Å². The summed E-state index contributed by atoms with van der Waals surface area (Å²) in [6.07, 6.45) is 0. The smallest absolute Gasteiger partial charge is 0.126 e. The molecule has 3 heteroatoms. The van der Waals surface area contributed by atoms with Crippen molar-refractivity contribution in [2.45, 2.75) is 11.8 Å². The number of ether oxygens (including phenoxy) is 1. The number of phenols is 2. The Morgan fingerprint density at radius 3 is 2.21 bits per heavy atom. The summed E-state index contributed by atoms with van der Waals surface area (Å²) >= 11 is 0. The van der Waals surface area contributed by atoms with E-state index in [1.54, 1.807) is 24.3 Å². The van der Waals surface area contributed by atoms with Crippen LogP contribution < -0.4 is 4.74 Å². The summed E-state index contributed by atoms with van der Waals surface area (Å²) in [6, 6.07) is 23.0. The van der Waals surface area contributed by atoms with E-state index in [4.69, 9.17) is 4.74 Å². The number of rotatable bonds is 2. The Kier molecular flexibility index (Phi) is 3.62. The standard InChI is InChI=1S/C21H18O3/c22-16-8-6-14(7-9-16)19-13-24-20-12-17(23)10-11-18(20)21(19)15-4-2-1-3-5-15/h1-12,19,21-23H,13H2/t19-,21-/m0/s1. The average Bonchev–Trinajstić information content (AvgIpc) is 2.62. The van der Waals surface area contributed by atoms with Crippen molar-refractivity contribution in [2.75, 3.05) is 6.61 Å². The van der Waals surface area contributed by atoms with E-state index in [2.05, 4.69) is 12.1 Å². The van der Waals surface area contributed by atoms with Gasteiger partial charge in [-0.1, -0.05) is 48.5 Å². The molecule has 24 heavy (non-hydrogen) atoms. The van der Waals surface area contributed by atoms with Crippen molar-refractivity contribution in [3.05, 3.63) is 89.5 Å². The van der Waals surface area contributed by atoms with Gasteiger partial charge in [0.15, 0.2) is 0 Å². The molecule has 0 unspecified atom stereocenters. The fourth-order valence-corrected chi connectivity index (χ4v) is 3.48. The summed E-state index contributed by atoms with van der Waals surface area (Å²) in [4.78, 5) is 0. The fourth-order valence-electron chi connectivity index (χ4n) is 3.48. The van der Waals surface area contributed by atoms with Gasteiger partial charge in [0.05, 0.1) is 6.61 Å². The van der Waals surface area contributed by atoms with Crippen molar-refractivity contribution in [3.63, 3.8) is 0 Å². The molecule has 2 N–H and O–H groups in total. The zero-order chi connectivity index (χ0) is 16.5. The first kappa shape index (κ1) is 14.6. The highest BCUT2D eigenvalue weighted by Gasteiger charge is 2.33. The molecular formula is C21H18O3. The number of fused-ring (bicyclic) bond motifs is 1. The lowest BCUT2D eigenvalue weighted by molar-refractivity contribution is 0.247. The monoisotopic (exact) mass is 318 g/mol. The van der Waals surface area contributed by atoms with Gasteiger partial charge in [0.1, 0.15) is 17.2 Å². The van der Waals surface area contributed by atoms with E-state index in [0.29, 0.717) is 6.61 Å². The minimum Gasteiger partial charge on any atom is -0.508 e. The average molecular weight is 318 g/mol. The van der Waals surface area contributed by atoms with Gasteiger partial charge in [-0.05, 0) is 29.3 Å². The summed E-state index contributed by atoms with van der Waals surface area (Å²) in [5, 5.41) is 19.3. The first-order valence-electron chi connectivity index (χ1n) is 8.02. The Morgan fingerprint density at radius 2 is 1.46 bits per heavy atom. The van der Waals surface area contributed by atoms with Gasteiger partial charge < -0.3 is 14.9 Å². The van der Waals surface area contributed by atoms with Gasteiger partial charge >= 0.3 is 0 Å². The molecule has 4 rings (SSSR count). The maximum atomic E-state index is 9.75. The molecule has 0 amide bonds. The van der Waals surface area contributed by atoms with E-state index in [1.807, 2.05) is 36.4 Å². The SMILES string of the molecule is Oc1ccc([C@@H]2COc3cc(O)ccc3[C@@H]2c2ccccc2)cc1. The third-order valence-electron chi connectivity index (χ3n) is 4.63. The van der Waals surface area contributed by atoms with Crippen LogP contribution in [0, 0.1) is 0 Å². The summed E-state index contributed by atoms with van der Waals surface area (Å²) in [7, 11) is 0. The molecule has 2 atom stereocenters. The Hall–Kier alpha value is -2.94. The lowest BCUT2D eigenvalue weighted by Crippen LogP contribution is -2.25. The quantitative estimate of drug-likeness (QED) is 0.736. The number of phenolic OH excluding ortho intramolecular Hbond substituents is 2. The Labute approximate surface area is 140 Å². The molecule has 0 spiro atoms. The fraction of sp³-hybridized carbons (Fsp3) is 0.143. The van der Waals surface area contributed by atoms with Crippen LogP contribution in [0.5, 0.6) is 17.2 Å². The van der Waals surface area contributed by atoms with Crippen LogP contribution in [0.4, 0.5) is 0 Å². The third kappa shape index (κ3) is 2.58. The highest BCUT2D eigenvalue weighted by atomic mass is 16.5. The second-order valence-electron chi connectivity index (χ2n) is 6.12. The minimum atomic E-state index is 0.139. The van der Waals surface area contributed by atoms with Crippen LogP contribution in [0.3, 0.4) is 0 Å². The number of aromatic hydroxyl groups is 2. The first-order valence-corrected chi connectivity index (χ1v) is 8.02. The van der Waals surface area contributed by atoms with Crippen LogP contribution in [0.15, 0.2) is 72.8 Å². The number of hydrogen-bond donors (Lipinski definition) is 2. The molecule has 0 aromatic heterocycles. The van der Waals surface area contributed by atoms with Gasteiger partial charge in [-0.2, -0.15) is 0 Å². The van der Waals surface area contributed by atoms with E-state index in [-0.39, 0.29) is 23.3 Å². The predicted molar refractivity (Wildman–Crippen MR) is 92.7 cm³/mol. The Balaban J connectivity index is 1.84. The minimum absolute atomic E-state index is 0.139. The maximum absolute atomic E-state index is 9.75. The van der Waals surface area contributed by atoms with Gasteiger partial charge in [0, 0.05) is 23.5 Å². The molecule has 120 valence electrons. The van der Waals surface area contributed by atoms with Crippen LogP contribution in [0.1, 0.15) is 28.5 Å². The molecule has 0 saturated carbocycles. The molecule has 3 aromatic carbocycles. The van der Waals surface area contributed by atoms with Crippen LogP contribution >= 0.6 is 0 Å². The van der Waals surface area contributed by atoms with Gasteiger partial charge in [0.25, 0.3) is 0 Å². The molecule has 0 radical (unpaired) electrons. The van der Waals surface area contributed by atoms with E-state index in [0.717, 1.165) is 16.9 Å². The summed E-state index contributed by atoms with van der Waals surface area (Å²) in [5.41, 5.74) is 3.41. The van der Waals surface area contributed by atoms with Crippen molar-refractivity contribution >= 4 is 0 Å². The molecule has 3 aromatic rings. The Bertz CT molecular complexity index is 841. The van der Waals surface area contributed by atoms with E-state index >= 15 is 0 Å². The van der Waals surface area contributed by atoms with Crippen molar-refractivity contribution in [1.82, 2.24) is 0 Å². The Morgan fingerprint density at radius 1 is 0.750 bits per heavy atom. The summed E-state index contributed by atoms with van der Waals surface area (Å²) in [5.74, 6) is 1.49. The second-order valence-corrected chi connectivity index (χ2v) is 6.12. The molecule has 3 nitrogen and oxygen atoms in total. The second kappa shape index (κ2) is 5.93. The zero-order valence-corrected chi connectivity index (χ0v) is 13.1. The highest BCUT2D eigenvalue weighted by molar-refractivity contribution is 5.50. The van der Waals surface area contributed by atoms with Crippen LogP contribution in [-0.4, -0.2) is 16.8 Å². The van der Waals surface area contributed by atoms with Gasteiger partial charge in [-0.15, -0.1) is 0 Å². The largest absolute Gasteiger partial charge is 0.508 e. The molecule has 1 heterocycles. The molecule has 0 saturated heterocycles. The lowest BCUT2D eigenvalue weighted by atomic mass is 9.76. The maximum Gasteiger partial charge on any atom is 0.126 e.